The molecule has 1 nitrogen and oxygen atoms in total. The predicted molar refractivity (Wildman–Crippen MR) is 109 cm³/mol. The van der Waals surface area contributed by atoms with Gasteiger partial charge in [-0.3, -0.25) is 4.98 Å². The van der Waals surface area contributed by atoms with Gasteiger partial charge in [-0.25, -0.2) is 0 Å². The lowest BCUT2D eigenvalue weighted by Gasteiger charge is -2.04. The number of aromatic nitrogens is 1. The highest BCUT2D eigenvalue weighted by atomic mass is 32.1. The van der Waals surface area contributed by atoms with E-state index in [9.17, 15) is 0 Å². The van der Waals surface area contributed by atoms with Crippen LogP contribution in [0.25, 0.3) is 31.8 Å². The Kier molecular flexibility index (Phi) is 3.93. The Labute approximate surface area is 153 Å². The summed E-state index contributed by atoms with van der Waals surface area (Å²) in [6.45, 7) is 8.59. The molecule has 2 heterocycles. The van der Waals surface area contributed by atoms with Crippen LogP contribution in [0.15, 0.2) is 54.7 Å². The predicted octanol–water partition coefficient (Wildman–Crippen LogP) is 6.86. The van der Waals surface area contributed by atoms with Gasteiger partial charge in [-0.15, -0.1) is 11.3 Å². The summed E-state index contributed by atoms with van der Waals surface area (Å²) in [5, 5.41) is 1.27. The number of rotatable bonds is 2. The monoisotopic (exact) mass is 343 g/mol. The average molecular weight is 343 g/mol. The molecule has 0 unspecified atom stereocenters. The minimum Gasteiger partial charge on any atom is -0.255 e. The summed E-state index contributed by atoms with van der Waals surface area (Å²) in [7, 11) is 0. The Hall–Kier alpha value is -2.45. The molecule has 2 aromatic carbocycles. The molecule has 4 aromatic rings. The van der Waals surface area contributed by atoms with Gasteiger partial charge in [0.25, 0.3) is 0 Å². The molecule has 0 atom stereocenters. The van der Waals surface area contributed by atoms with Gasteiger partial charge in [0, 0.05) is 16.6 Å². The number of fused-ring (bicyclic) bond motifs is 1. The average Bonchev–Trinajstić information content (AvgIpc) is 2.96. The Morgan fingerprint density at radius 2 is 1.20 bits per heavy atom. The van der Waals surface area contributed by atoms with Crippen LogP contribution in [0, 0.1) is 27.7 Å². The lowest BCUT2D eigenvalue weighted by molar-refractivity contribution is 1.33. The highest BCUT2D eigenvalue weighted by Gasteiger charge is 2.08. The van der Waals surface area contributed by atoms with Crippen LogP contribution in [0.2, 0.25) is 0 Å². The van der Waals surface area contributed by atoms with Gasteiger partial charge in [0.05, 0.1) is 10.4 Å². The lowest BCUT2D eigenvalue weighted by Crippen LogP contribution is -1.85. The zero-order valence-electron chi connectivity index (χ0n) is 15.1. The lowest BCUT2D eigenvalue weighted by atomic mass is 10.0. The molecule has 0 N–H and O–H groups in total. The van der Waals surface area contributed by atoms with E-state index in [-0.39, 0.29) is 0 Å². The van der Waals surface area contributed by atoms with Crippen molar-refractivity contribution in [3.05, 3.63) is 77.0 Å². The molecule has 0 fully saturated rings. The quantitative estimate of drug-likeness (QED) is 0.387. The molecule has 0 saturated heterocycles. The molecule has 124 valence electrons. The minimum absolute atomic E-state index is 1.05. The Bertz CT molecular complexity index is 999. The third-order valence-electron chi connectivity index (χ3n) is 4.43. The molecule has 0 spiro atoms. The number of aryl methyl sites for hydroxylation is 4. The summed E-state index contributed by atoms with van der Waals surface area (Å²) in [6.07, 6.45) is 2.01. The topological polar surface area (TPSA) is 12.9 Å². The molecule has 4 rings (SSSR count). The second-order valence-electron chi connectivity index (χ2n) is 6.97. The van der Waals surface area contributed by atoms with Gasteiger partial charge >= 0.3 is 0 Å². The molecule has 2 heteroatoms. The maximum absolute atomic E-state index is 4.71. The number of nitrogens with zero attached hydrogens (tertiary/aromatic N) is 1. The van der Waals surface area contributed by atoms with Gasteiger partial charge in [-0.1, -0.05) is 46.5 Å². The van der Waals surface area contributed by atoms with Crippen LogP contribution >= 0.6 is 11.3 Å². The molecular formula is C23H21NS. The van der Waals surface area contributed by atoms with Gasteiger partial charge < -0.3 is 0 Å². The van der Waals surface area contributed by atoms with E-state index in [4.69, 9.17) is 4.98 Å². The maximum Gasteiger partial charge on any atom is 0.0709 e. The summed E-state index contributed by atoms with van der Waals surface area (Å²) in [5.74, 6) is 0. The molecule has 0 aliphatic carbocycles. The van der Waals surface area contributed by atoms with E-state index < -0.39 is 0 Å². The fraction of sp³-hybridized carbons (Fsp3) is 0.174. The SMILES string of the molecule is Cc1cc(C)cc(-c2cc3cc(-c4cc(C)cc(C)c4)sc3cn2)c1. The standard InChI is InChI=1S/C23H21NS/c1-14-5-15(2)8-18(7-14)21-11-20-12-22(25-23(20)13-24-21)19-9-16(3)6-17(4)10-19/h5-13H,1-4H3. The molecule has 0 aliphatic heterocycles. The largest absolute Gasteiger partial charge is 0.255 e. The first-order valence-corrected chi connectivity index (χ1v) is 9.36. The zero-order valence-corrected chi connectivity index (χ0v) is 15.9. The van der Waals surface area contributed by atoms with E-state index in [2.05, 4.69) is 76.2 Å². The van der Waals surface area contributed by atoms with Crippen molar-refractivity contribution in [3.8, 4) is 21.7 Å². The smallest absolute Gasteiger partial charge is 0.0709 e. The van der Waals surface area contributed by atoms with Crippen LogP contribution in [0.5, 0.6) is 0 Å². The van der Waals surface area contributed by atoms with Crippen LogP contribution in [0.1, 0.15) is 22.3 Å². The first kappa shape index (κ1) is 16.0. The van der Waals surface area contributed by atoms with Crippen molar-refractivity contribution in [2.45, 2.75) is 27.7 Å². The number of hydrogen-bond acceptors (Lipinski definition) is 2. The van der Waals surface area contributed by atoms with Crippen LogP contribution in [0.3, 0.4) is 0 Å². The van der Waals surface area contributed by atoms with Gasteiger partial charge in [0.1, 0.15) is 0 Å². The van der Waals surface area contributed by atoms with E-state index in [1.54, 1.807) is 0 Å². The molecule has 25 heavy (non-hydrogen) atoms. The Morgan fingerprint density at radius 3 is 1.80 bits per heavy atom. The molecule has 0 bridgehead atoms. The molecule has 0 amide bonds. The third kappa shape index (κ3) is 3.22. The van der Waals surface area contributed by atoms with E-state index in [0.29, 0.717) is 0 Å². The summed E-state index contributed by atoms with van der Waals surface area (Å²) < 4.78 is 1.24. The first-order valence-electron chi connectivity index (χ1n) is 8.55. The Balaban J connectivity index is 1.81. The van der Waals surface area contributed by atoms with Crippen molar-refractivity contribution in [1.82, 2.24) is 4.98 Å². The number of hydrogen-bond donors (Lipinski definition) is 0. The number of thiophene rings is 1. The van der Waals surface area contributed by atoms with Crippen molar-refractivity contribution >= 4 is 21.4 Å². The summed E-state index contributed by atoms with van der Waals surface area (Å²) in [6, 6.07) is 17.9. The molecule has 0 saturated carbocycles. The minimum atomic E-state index is 1.05. The summed E-state index contributed by atoms with van der Waals surface area (Å²) in [4.78, 5) is 6.02. The van der Waals surface area contributed by atoms with Crippen LogP contribution in [-0.2, 0) is 0 Å². The van der Waals surface area contributed by atoms with Crippen molar-refractivity contribution in [1.29, 1.82) is 0 Å². The van der Waals surface area contributed by atoms with E-state index in [1.165, 1.54) is 48.3 Å². The van der Waals surface area contributed by atoms with Crippen LogP contribution < -0.4 is 0 Å². The molecule has 0 radical (unpaired) electrons. The van der Waals surface area contributed by atoms with Crippen LogP contribution in [0.4, 0.5) is 0 Å². The normalized spacial score (nSPS) is 11.2. The second-order valence-corrected chi connectivity index (χ2v) is 8.05. The summed E-state index contributed by atoms with van der Waals surface area (Å²) in [5.41, 5.74) is 8.70. The highest BCUT2D eigenvalue weighted by Crippen LogP contribution is 2.35. The fourth-order valence-electron chi connectivity index (χ4n) is 3.49. The fourth-order valence-corrected chi connectivity index (χ4v) is 4.48. The molecule has 0 aliphatic rings. The highest BCUT2D eigenvalue weighted by molar-refractivity contribution is 7.22. The van der Waals surface area contributed by atoms with Gasteiger partial charge in [-0.05, 0) is 62.9 Å². The van der Waals surface area contributed by atoms with E-state index in [1.807, 2.05) is 17.5 Å². The number of pyridine rings is 1. The van der Waals surface area contributed by atoms with Gasteiger partial charge in [0.2, 0.25) is 0 Å². The Morgan fingerprint density at radius 1 is 0.640 bits per heavy atom. The van der Waals surface area contributed by atoms with E-state index in [0.717, 1.165) is 5.69 Å². The molecule has 2 aromatic heterocycles. The van der Waals surface area contributed by atoms with Crippen molar-refractivity contribution < 1.29 is 0 Å². The number of benzene rings is 2. The van der Waals surface area contributed by atoms with Gasteiger partial charge in [0.15, 0.2) is 0 Å². The first-order chi connectivity index (χ1) is 12.0. The maximum atomic E-state index is 4.71. The van der Waals surface area contributed by atoms with Crippen molar-refractivity contribution in [2.75, 3.05) is 0 Å². The third-order valence-corrected chi connectivity index (χ3v) is 5.56. The van der Waals surface area contributed by atoms with Crippen molar-refractivity contribution in [2.24, 2.45) is 0 Å². The molecular weight excluding hydrogens is 322 g/mol. The van der Waals surface area contributed by atoms with Crippen molar-refractivity contribution in [3.63, 3.8) is 0 Å². The second kappa shape index (κ2) is 6.12. The zero-order chi connectivity index (χ0) is 17.6. The van der Waals surface area contributed by atoms with E-state index >= 15 is 0 Å². The van der Waals surface area contributed by atoms with Crippen LogP contribution in [-0.4, -0.2) is 4.98 Å². The van der Waals surface area contributed by atoms with Gasteiger partial charge in [-0.2, -0.15) is 0 Å². The summed E-state index contributed by atoms with van der Waals surface area (Å²) >= 11 is 1.82.